The standard InChI is InChI=1S/C25H32N4O10S2/c1-24(2)17(28-20(40-24)16(21(32)33)27-19(31)15(26)12-8-6-5-7-9-12)22(34)38-11-39-23(35)18-25(3,4)41(36,37)14-10-13(30)29(14)18/h5-9,14-18,20,28H,10-11,26H2,1-4H3,(H,27,31)(H,32,33)/t14-,15-,16?,17+,18+,20?/m1/s1. The molecule has 2 amide bonds. The molecule has 0 radical (unpaired) electrons. The number of ether oxygens (including phenoxy) is 2. The predicted octanol–water partition coefficient (Wildman–Crippen LogP) is -0.757. The van der Waals surface area contributed by atoms with Crippen molar-refractivity contribution in [3.8, 4) is 0 Å². The normalized spacial score (nSPS) is 28.5. The smallest absolute Gasteiger partial charge is 0.333 e. The number of carbonyl (C=O) groups excluding carboxylic acids is 4. The second kappa shape index (κ2) is 10.9. The fourth-order valence-corrected chi connectivity index (χ4v) is 8.75. The fraction of sp³-hybridized carbons (Fsp3) is 0.560. The summed E-state index contributed by atoms with van der Waals surface area (Å²) < 4.78 is 33.1. The number of β-lactam (4-membered cyclic amide) rings is 1. The van der Waals surface area contributed by atoms with E-state index < -0.39 is 90.8 Å². The van der Waals surface area contributed by atoms with Gasteiger partial charge < -0.3 is 30.5 Å². The van der Waals surface area contributed by atoms with Crippen LogP contribution in [-0.4, -0.2) is 93.3 Å². The van der Waals surface area contributed by atoms with Gasteiger partial charge >= 0.3 is 17.9 Å². The SMILES string of the molecule is CC1(C)SC(C(NC(=O)[C@H](N)c2ccccc2)C(=O)O)N[C@H]1C(=O)OCOC(=O)[C@@H]1N2C(=O)C[C@H]2S(=O)(=O)C1(C)C. The van der Waals surface area contributed by atoms with Crippen LogP contribution < -0.4 is 16.4 Å². The first-order valence-electron chi connectivity index (χ1n) is 12.7. The first-order chi connectivity index (χ1) is 19.0. The summed E-state index contributed by atoms with van der Waals surface area (Å²) in [5.74, 6) is -4.47. The number of amides is 2. The van der Waals surface area contributed by atoms with Crippen LogP contribution in [0.5, 0.6) is 0 Å². The van der Waals surface area contributed by atoms with E-state index in [1.165, 1.54) is 13.8 Å². The number of carboxylic acid groups (broad SMARTS) is 1. The van der Waals surface area contributed by atoms with Crippen LogP contribution in [0.3, 0.4) is 0 Å². The lowest BCUT2D eigenvalue weighted by molar-refractivity contribution is -0.176. The number of carbonyl (C=O) groups is 5. The second-order valence-electron chi connectivity index (χ2n) is 11.0. The van der Waals surface area contributed by atoms with Gasteiger partial charge in [0.25, 0.3) is 0 Å². The minimum Gasteiger partial charge on any atom is -0.480 e. The molecule has 0 bridgehead atoms. The van der Waals surface area contributed by atoms with Crippen LogP contribution in [0.1, 0.15) is 45.7 Å². The van der Waals surface area contributed by atoms with Crippen LogP contribution in [0.15, 0.2) is 30.3 Å². The van der Waals surface area contributed by atoms with Crippen LogP contribution in [0.4, 0.5) is 0 Å². The zero-order valence-electron chi connectivity index (χ0n) is 22.7. The molecule has 5 N–H and O–H groups in total. The highest BCUT2D eigenvalue weighted by atomic mass is 32.2. The molecule has 3 saturated heterocycles. The molecular weight excluding hydrogens is 580 g/mol. The van der Waals surface area contributed by atoms with Gasteiger partial charge in [0.2, 0.25) is 18.6 Å². The summed E-state index contributed by atoms with van der Waals surface area (Å²) in [7, 11) is -3.82. The first-order valence-corrected chi connectivity index (χ1v) is 15.1. The van der Waals surface area contributed by atoms with Crippen LogP contribution >= 0.6 is 11.8 Å². The molecule has 3 aliphatic rings. The summed E-state index contributed by atoms with van der Waals surface area (Å²) in [6, 6.07) is 3.38. The summed E-state index contributed by atoms with van der Waals surface area (Å²) in [4.78, 5) is 63.5. The average molecular weight is 613 g/mol. The van der Waals surface area contributed by atoms with Gasteiger partial charge in [-0.05, 0) is 33.3 Å². The number of aliphatic carboxylic acids is 1. The van der Waals surface area contributed by atoms with E-state index >= 15 is 0 Å². The molecule has 3 fully saturated rings. The van der Waals surface area contributed by atoms with Gasteiger partial charge in [0.15, 0.2) is 15.9 Å². The maximum Gasteiger partial charge on any atom is 0.333 e. The highest BCUT2D eigenvalue weighted by Gasteiger charge is 2.68. The summed E-state index contributed by atoms with van der Waals surface area (Å²) in [6.07, 6.45) is -0.207. The summed E-state index contributed by atoms with van der Waals surface area (Å²) in [5.41, 5.74) is 6.49. The van der Waals surface area contributed by atoms with Crippen LogP contribution in [0.2, 0.25) is 0 Å². The number of benzene rings is 1. The number of nitrogens with one attached hydrogen (secondary N) is 2. The van der Waals surface area contributed by atoms with Gasteiger partial charge in [0.1, 0.15) is 23.5 Å². The van der Waals surface area contributed by atoms with Crippen molar-refractivity contribution in [2.24, 2.45) is 5.73 Å². The third-order valence-electron chi connectivity index (χ3n) is 7.60. The molecule has 0 aliphatic carbocycles. The van der Waals surface area contributed by atoms with Crippen molar-refractivity contribution < 1.29 is 47.0 Å². The fourth-order valence-electron chi connectivity index (χ4n) is 5.15. The van der Waals surface area contributed by atoms with E-state index in [0.29, 0.717) is 5.56 Å². The van der Waals surface area contributed by atoms with Gasteiger partial charge in [-0.2, -0.15) is 0 Å². The lowest BCUT2D eigenvalue weighted by Gasteiger charge is -2.36. The van der Waals surface area contributed by atoms with Gasteiger partial charge in [-0.1, -0.05) is 30.3 Å². The molecule has 2 unspecified atom stereocenters. The molecule has 0 spiro atoms. The molecule has 4 rings (SSSR count). The molecule has 41 heavy (non-hydrogen) atoms. The Balaban J connectivity index is 1.36. The van der Waals surface area contributed by atoms with Crippen molar-refractivity contribution in [3.05, 3.63) is 35.9 Å². The van der Waals surface area contributed by atoms with Crippen molar-refractivity contribution in [1.29, 1.82) is 0 Å². The highest BCUT2D eigenvalue weighted by Crippen LogP contribution is 2.46. The van der Waals surface area contributed by atoms with E-state index in [2.05, 4.69) is 10.6 Å². The number of thioether (sulfide) groups is 1. The number of esters is 2. The van der Waals surface area contributed by atoms with Crippen LogP contribution in [0.25, 0.3) is 0 Å². The third-order valence-corrected chi connectivity index (χ3v) is 11.9. The Labute approximate surface area is 240 Å². The van der Waals surface area contributed by atoms with E-state index in [1.807, 2.05) is 0 Å². The summed E-state index contributed by atoms with van der Waals surface area (Å²) >= 11 is 1.09. The Bertz CT molecular complexity index is 1370. The van der Waals surface area contributed by atoms with Crippen LogP contribution in [0, 0.1) is 0 Å². The van der Waals surface area contributed by atoms with Crippen molar-refractivity contribution in [2.75, 3.05) is 6.79 Å². The monoisotopic (exact) mass is 612 g/mol. The molecule has 0 aromatic heterocycles. The first kappa shape index (κ1) is 30.7. The third kappa shape index (κ3) is 5.40. The minimum absolute atomic E-state index is 0.207. The number of nitrogens with zero attached hydrogens (tertiary/aromatic N) is 1. The van der Waals surface area contributed by atoms with Crippen molar-refractivity contribution in [2.45, 2.75) is 78.5 Å². The van der Waals surface area contributed by atoms with Crippen LogP contribution in [-0.2, 0) is 43.3 Å². The van der Waals surface area contributed by atoms with Crippen molar-refractivity contribution in [1.82, 2.24) is 15.5 Å². The summed E-state index contributed by atoms with van der Waals surface area (Å²) in [5, 5.41) is 13.1. The molecule has 1 aromatic rings. The minimum atomic E-state index is -3.82. The molecule has 16 heteroatoms. The average Bonchev–Trinajstić information content (AvgIpc) is 3.27. The number of fused-ring (bicyclic) bond motifs is 1. The van der Waals surface area contributed by atoms with E-state index in [9.17, 15) is 37.5 Å². The molecule has 0 saturated carbocycles. The van der Waals surface area contributed by atoms with Gasteiger partial charge in [-0.3, -0.25) is 19.7 Å². The number of rotatable bonds is 9. The van der Waals surface area contributed by atoms with Gasteiger partial charge in [0, 0.05) is 4.75 Å². The van der Waals surface area contributed by atoms with E-state index in [4.69, 9.17) is 15.2 Å². The molecule has 6 atom stereocenters. The zero-order valence-corrected chi connectivity index (χ0v) is 24.4. The number of hydrogen-bond donors (Lipinski definition) is 4. The Morgan fingerprint density at radius 3 is 2.34 bits per heavy atom. The van der Waals surface area contributed by atoms with E-state index in [-0.39, 0.29) is 6.42 Å². The Morgan fingerprint density at radius 2 is 1.76 bits per heavy atom. The molecule has 14 nitrogen and oxygen atoms in total. The maximum absolute atomic E-state index is 12.9. The quantitative estimate of drug-likeness (QED) is 0.154. The predicted molar refractivity (Wildman–Crippen MR) is 144 cm³/mol. The Morgan fingerprint density at radius 1 is 1.15 bits per heavy atom. The topological polar surface area (TPSA) is 211 Å². The Hall–Kier alpha value is -3.21. The number of hydrogen-bond acceptors (Lipinski definition) is 12. The van der Waals surface area contributed by atoms with Gasteiger partial charge in [0.05, 0.1) is 16.5 Å². The maximum atomic E-state index is 12.9. The summed E-state index contributed by atoms with van der Waals surface area (Å²) in [6.45, 7) is 5.14. The number of carboxylic acids is 1. The lowest BCUT2D eigenvalue weighted by atomic mass is 9.98. The van der Waals surface area contributed by atoms with E-state index in [1.54, 1.807) is 44.2 Å². The molecule has 3 heterocycles. The lowest BCUT2D eigenvalue weighted by Crippen LogP contribution is -2.57. The van der Waals surface area contributed by atoms with Crippen molar-refractivity contribution >= 4 is 51.3 Å². The van der Waals surface area contributed by atoms with E-state index in [0.717, 1.165) is 16.7 Å². The zero-order chi connectivity index (χ0) is 30.5. The second-order valence-corrected chi connectivity index (χ2v) is 15.5. The van der Waals surface area contributed by atoms with Crippen molar-refractivity contribution in [3.63, 3.8) is 0 Å². The number of sulfone groups is 1. The highest BCUT2D eigenvalue weighted by molar-refractivity contribution is 8.01. The molecular formula is C25H32N4O10S2. The molecule has 224 valence electrons. The van der Waals surface area contributed by atoms with Gasteiger partial charge in [-0.15, -0.1) is 11.8 Å². The Kier molecular flexibility index (Phi) is 8.16. The number of nitrogens with two attached hydrogens (primary N) is 1. The molecule has 3 aliphatic heterocycles. The molecule has 1 aromatic carbocycles. The van der Waals surface area contributed by atoms with Gasteiger partial charge in [-0.25, -0.2) is 18.0 Å². The largest absolute Gasteiger partial charge is 0.480 e.